The molecule has 0 spiro atoms. The minimum Gasteiger partial charge on any atom is -0.383 e. The van der Waals surface area contributed by atoms with E-state index in [1.807, 2.05) is 0 Å². The monoisotopic (exact) mass is 237 g/mol. The minimum absolute atomic E-state index is 0.506. The highest BCUT2D eigenvalue weighted by Gasteiger charge is 2.15. The maximum atomic E-state index is 4.96. The van der Waals surface area contributed by atoms with Crippen LogP contribution in [-0.4, -0.2) is 41.5 Å². The standard InChI is InChI=1S/C11H19N5O/c1-17-7-6-12-10-8-13-16-11(15-10)14-9-4-2-3-5-9/h8-9H,2-7H2,1H3,(H2,12,14,15,16). The van der Waals surface area contributed by atoms with Crippen molar-refractivity contribution in [3.8, 4) is 0 Å². The second-order valence-electron chi connectivity index (χ2n) is 4.21. The van der Waals surface area contributed by atoms with Gasteiger partial charge in [0, 0.05) is 19.7 Å². The van der Waals surface area contributed by atoms with Gasteiger partial charge in [-0.05, 0) is 12.8 Å². The summed E-state index contributed by atoms with van der Waals surface area (Å²) in [7, 11) is 1.67. The topological polar surface area (TPSA) is 72.0 Å². The number of nitrogens with one attached hydrogen (secondary N) is 2. The van der Waals surface area contributed by atoms with E-state index in [1.165, 1.54) is 25.7 Å². The van der Waals surface area contributed by atoms with Crippen molar-refractivity contribution in [1.82, 2.24) is 15.2 Å². The summed E-state index contributed by atoms with van der Waals surface area (Å²) in [5.41, 5.74) is 0. The van der Waals surface area contributed by atoms with E-state index in [0.29, 0.717) is 18.6 Å². The Morgan fingerprint density at radius 1 is 1.41 bits per heavy atom. The molecular weight excluding hydrogens is 218 g/mol. The van der Waals surface area contributed by atoms with Crippen molar-refractivity contribution in [1.29, 1.82) is 0 Å². The van der Waals surface area contributed by atoms with Gasteiger partial charge in [-0.15, -0.1) is 5.10 Å². The first-order chi connectivity index (χ1) is 8.38. The first-order valence-corrected chi connectivity index (χ1v) is 6.07. The van der Waals surface area contributed by atoms with Gasteiger partial charge in [0.15, 0.2) is 5.82 Å². The van der Waals surface area contributed by atoms with Crippen molar-refractivity contribution in [3.05, 3.63) is 6.20 Å². The van der Waals surface area contributed by atoms with E-state index in [-0.39, 0.29) is 0 Å². The van der Waals surface area contributed by atoms with Gasteiger partial charge in [-0.2, -0.15) is 10.1 Å². The summed E-state index contributed by atoms with van der Waals surface area (Å²) in [4.78, 5) is 4.36. The third kappa shape index (κ3) is 3.81. The fourth-order valence-corrected chi connectivity index (χ4v) is 1.98. The van der Waals surface area contributed by atoms with E-state index in [9.17, 15) is 0 Å². The van der Waals surface area contributed by atoms with Crippen LogP contribution in [0.15, 0.2) is 6.20 Å². The SMILES string of the molecule is COCCNc1cnnc(NC2CCCC2)n1. The lowest BCUT2D eigenvalue weighted by Gasteiger charge is -2.11. The van der Waals surface area contributed by atoms with Crippen LogP contribution < -0.4 is 10.6 Å². The summed E-state index contributed by atoms with van der Waals surface area (Å²) in [6.45, 7) is 1.37. The van der Waals surface area contributed by atoms with Crippen LogP contribution in [0.1, 0.15) is 25.7 Å². The number of aromatic nitrogens is 3. The van der Waals surface area contributed by atoms with Gasteiger partial charge in [0.25, 0.3) is 0 Å². The summed E-state index contributed by atoms with van der Waals surface area (Å²) in [6, 6.07) is 0.506. The van der Waals surface area contributed by atoms with E-state index >= 15 is 0 Å². The molecule has 0 saturated heterocycles. The summed E-state index contributed by atoms with van der Waals surface area (Å²) in [5, 5.41) is 14.4. The van der Waals surface area contributed by atoms with Crippen LogP contribution in [-0.2, 0) is 4.74 Å². The molecule has 94 valence electrons. The first-order valence-electron chi connectivity index (χ1n) is 6.07. The lowest BCUT2D eigenvalue weighted by atomic mass is 10.3. The zero-order valence-electron chi connectivity index (χ0n) is 10.1. The van der Waals surface area contributed by atoms with Gasteiger partial charge in [0.05, 0.1) is 12.8 Å². The largest absolute Gasteiger partial charge is 0.383 e. The highest BCUT2D eigenvalue weighted by atomic mass is 16.5. The summed E-state index contributed by atoms with van der Waals surface area (Å²) >= 11 is 0. The molecule has 6 heteroatoms. The molecule has 0 radical (unpaired) electrons. The number of methoxy groups -OCH3 is 1. The van der Waals surface area contributed by atoms with Crippen LogP contribution in [0.4, 0.5) is 11.8 Å². The van der Waals surface area contributed by atoms with Crippen molar-refractivity contribution < 1.29 is 4.74 Å². The highest BCUT2D eigenvalue weighted by Crippen LogP contribution is 2.20. The Bertz CT molecular complexity index is 340. The molecule has 1 fully saturated rings. The van der Waals surface area contributed by atoms with Crippen molar-refractivity contribution in [2.75, 3.05) is 30.9 Å². The fraction of sp³-hybridized carbons (Fsp3) is 0.727. The molecule has 1 heterocycles. The Morgan fingerprint density at radius 2 is 2.24 bits per heavy atom. The lowest BCUT2D eigenvalue weighted by Crippen LogP contribution is -2.18. The quantitative estimate of drug-likeness (QED) is 0.726. The van der Waals surface area contributed by atoms with E-state index in [1.54, 1.807) is 13.3 Å². The van der Waals surface area contributed by atoms with E-state index in [2.05, 4.69) is 25.8 Å². The molecule has 17 heavy (non-hydrogen) atoms. The fourth-order valence-electron chi connectivity index (χ4n) is 1.98. The van der Waals surface area contributed by atoms with Gasteiger partial charge in [-0.25, -0.2) is 0 Å². The molecule has 2 rings (SSSR count). The third-order valence-electron chi connectivity index (χ3n) is 2.86. The second-order valence-corrected chi connectivity index (χ2v) is 4.21. The number of ether oxygens (including phenoxy) is 1. The molecule has 0 unspecified atom stereocenters. The average molecular weight is 237 g/mol. The van der Waals surface area contributed by atoms with Crippen LogP contribution in [0.2, 0.25) is 0 Å². The Hall–Kier alpha value is -1.43. The summed E-state index contributed by atoms with van der Waals surface area (Å²) in [6.07, 6.45) is 6.60. The molecule has 1 aromatic heterocycles. The molecule has 1 aliphatic rings. The predicted molar refractivity (Wildman–Crippen MR) is 66.1 cm³/mol. The van der Waals surface area contributed by atoms with Gasteiger partial charge in [-0.1, -0.05) is 12.8 Å². The minimum atomic E-state index is 0.506. The van der Waals surface area contributed by atoms with Gasteiger partial charge in [-0.3, -0.25) is 0 Å². The normalized spacial score (nSPS) is 16.1. The van der Waals surface area contributed by atoms with E-state index in [4.69, 9.17) is 4.74 Å². The van der Waals surface area contributed by atoms with Gasteiger partial charge in [0.1, 0.15) is 0 Å². The maximum Gasteiger partial charge on any atom is 0.244 e. The summed E-state index contributed by atoms with van der Waals surface area (Å²) < 4.78 is 4.96. The zero-order valence-corrected chi connectivity index (χ0v) is 10.1. The van der Waals surface area contributed by atoms with Crippen LogP contribution in [0.3, 0.4) is 0 Å². The molecule has 0 amide bonds. The molecule has 1 aromatic rings. The molecule has 1 aliphatic carbocycles. The number of hydrogen-bond donors (Lipinski definition) is 2. The highest BCUT2D eigenvalue weighted by molar-refractivity contribution is 5.37. The smallest absolute Gasteiger partial charge is 0.244 e. The molecule has 0 aromatic carbocycles. The Kier molecular flexibility index (Phi) is 4.49. The summed E-state index contributed by atoms with van der Waals surface area (Å²) in [5.74, 6) is 1.34. The molecule has 1 saturated carbocycles. The van der Waals surface area contributed by atoms with Gasteiger partial charge < -0.3 is 15.4 Å². The Labute approximate surface area is 101 Å². The Morgan fingerprint density at radius 3 is 3.00 bits per heavy atom. The second kappa shape index (κ2) is 6.34. The molecule has 0 atom stereocenters. The van der Waals surface area contributed by atoms with Crippen molar-refractivity contribution in [3.63, 3.8) is 0 Å². The zero-order chi connectivity index (χ0) is 11.9. The van der Waals surface area contributed by atoms with Crippen LogP contribution in [0.25, 0.3) is 0 Å². The van der Waals surface area contributed by atoms with Crippen molar-refractivity contribution in [2.24, 2.45) is 0 Å². The van der Waals surface area contributed by atoms with Crippen molar-refractivity contribution in [2.45, 2.75) is 31.7 Å². The van der Waals surface area contributed by atoms with Gasteiger partial charge >= 0.3 is 0 Å². The molecule has 2 N–H and O–H groups in total. The molecular formula is C11H19N5O. The van der Waals surface area contributed by atoms with Crippen LogP contribution in [0, 0.1) is 0 Å². The van der Waals surface area contributed by atoms with Crippen molar-refractivity contribution >= 4 is 11.8 Å². The third-order valence-corrected chi connectivity index (χ3v) is 2.86. The van der Waals surface area contributed by atoms with E-state index in [0.717, 1.165) is 12.4 Å². The first kappa shape index (κ1) is 12.0. The lowest BCUT2D eigenvalue weighted by molar-refractivity contribution is 0.210. The maximum absolute atomic E-state index is 4.96. The molecule has 0 bridgehead atoms. The number of anilines is 2. The van der Waals surface area contributed by atoms with Crippen LogP contribution in [0.5, 0.6) is 0 Å². The predicted octanol–water partition coefficient (Wildman–Crippen LogP) is 1.28. The van der Waals surface area contributed by atoms with Gasteiger partial charge in [0.2, 0.25) is 5.95 Å². The Balaban J connectivity index is 1.86. The average Bonchev–Trinajstić information content (AvgIpc) is 2.83. The number of rotatable bonds is 6. The van der Waals surface area contributed by atoms with E-state index < -0.39 is 0 Å². The number of nitrogens with zero attached hydrogens (tertiary/aromatic N) is 3. The molecule has 6 nitrogen and oxygen atoms in total. The molecule has 0 aliphatic heterocycles. The number of hydrogen-bond acceptors (Lipinski definition) is 6. The van der Waals surface area contributed by atoms with Crippen LogP contribution >= 0.6 is 0 Å².